The molecule has 68 valence electrons. The highest BCUT2D eigenvalue weighted by molar-refractivity contribution is 6.83. The lowest BCUT2D eigenvalue weighted by molar-refractivity contribution is 0.559. The Balaban J connectivity index is 0. The van der Waals surface area contributed by atoms with Gasteiger partial charge >= 0.3 is 0 Å². The van der Waals surface area contributed by atoms with E-state index < -0.39 is 16.6 Å². The van der Waals surface area contributed by atoms with E-state index in [4.69, 9.17) is 14.0 Å². The van der Waals surface area contributed by atoms with Crippen LogP contribution in [0, 0.1) is 9.93 Å². The van der Waals surface area contributed by atoms with Gasteiger partial charge < -0.3 is 4.12 Å². The first kappa shape index (κ1) is 13.6. The zero-order chi connectivity index (χ0) is 9.71. The van der Waals surface area contributed by atoms with Crippen molar-refractivity contribution in [1.29, 1.82) is 0 Å². The van der Waals surface area contributed by atoms with Crippen LogP contribution in [-0.4, -0.2) is 16.6 Å². The number of rotatable bonds is 2. The normalized spacial score (nSPS) is 11.8. The van der Waals surface area contributed by atoms with Gasteiger partial charge in [-0.1, -0.05) is 0 Å². The highest BCUT2D eigenvalue weighted by Crippen LogP contribution is 2.12. The minimum atomic E-state index is -1.23. The first-order valence-corrected chi connectivity index (χ1v) is 10.4. The van der Waals surface area contributed by atoms with E-state index >= 15 is 0 Å². The van der Waals surface area contributed by atoms with E-state index in [1.165, 1.54) is 0 Å². The molecule has 0 saturated heterocycles. The SMILES string of the molecule is C[Si](C)(C)O[Si](C)(C)C.O=O. The summed E-state index contributed by atoms with van der Waals surface area (Å²) in [5.74, 6) is 0. The van der Waals surface area contributed by atoms with E-state index in [1.54, 1.807) is 0 Å². The van der Waals surface area contributed by atoms with Crippen LogP contribution in [0.1, 0.15) is 0 Å². The summed E-state index contributed by atoms with van der Waals surface area (Å²) in [6.45, 7) is 13.4. The van der Waals surface area contributed by atoms with Crippen molar-refractivity contribution in [2.45, 2.75) is 39.3 Å². The monoisotopic (exact) mass is 194 g/mol. The van der Waals surface area contributed by atoms with Crippen molar-refractivity contribution in [3.05, 3.63) is 9.93 Å². The van der Waals surface area contributed by atoms with Crippen molar-refractivity contribution in [1.82, 2.24) is 0 Å². The van der Waals surface area contributed by atoms with Gasteiger partial charge in [0.15, 0.2) is 16.6 Å². The Labute approximate surface area is 70.6 Å². The van der Waals surface area contributed by atoms with Crippen LogP contribution in [0.2, 0.25) is 39.3 Å². The first-order valence-electron chi connectivity index (χ1n) is 3.57. The van der Waals surface area contributed by atoms with Crippen molar-refractivity contribution in [2.24, 2.45) is 0 Å². The molecule has 0 atom stereocenters. The highest BCUT2D eigenvalue weighted by atomic mass is 28.4. The quantitative estimate of drug-likeness (QED) is 0.635. The smallest absolute Gasteiger partial charge is 0.170 e. The summed E-state index contributed by atoms with van der Waals surface area (Å²) >= 11 is 0. The van der Waals surface area contributed by atoms with E-state index in [9.17, 15) is 0 Å². The summed E-state index contributed by atoms with van der Waals surface area (Å²) < 4.78 is 5.90. The van der Waals surface area contributed by atoms with Gasteiger partial charge in [-0.25, -0.2) is 0 Å². The van der Waals surface area contributed by atoms with Gasteiger partial charge in [0.2, 0.25) is 0 Å². The van der Waals surface area contributed by atoms with E-state index in [0.29, 0.717) is 0 Å². The lowest BCUT2D eigenvalue weighted by Gasteiger charge is -2.27. The standard InChI is InChI=1S/C6H18OSi2.O2/c1-8(2,3)7-9(4,5)6;1-2/h1-6H3;. The molecular formula is C6H18O3Si2. The van der Waals surface area contributed by atoms with Gasteiger partial charge in [-0.15, -0.1) is 0 Å². The van der Waals surface area contributed by atoms with Crippen molar-refractivity contribution in [3.63, 3.8) is 0 Å². The molecule has 0 amide bonds. The minimum absolute atomic E-state index is 1.23. The van der Waals surface area contributed by atoms with Crippen molar-refractivity contribution < 1.29 is 4.12 Å². The molecule has 0 radical (unpaired) electrons. The van der Waals surface area contributed by atoms with Crippen LogP contribution >= 0.6 is 0 Å². The van der Waals surface area contributed by atoms with Gasteiger partial charge in [-0.2, -0.15) is 0 Å². The van der Waals surface area contributed by atoms with Gasteiger partial charge in [0.1, 0.15) is 0 Å². The lowest BCUT2D eigenvalue weighted by atomic mass is 11.8. The topological polar surface area (TPSA) is 43.4 Å². The number of hydrogen-bond acceptors (Lipinski definition) is 3. The van der Waals surface area contributed by atoms with Gasteiger partial charge in [-0.05, 0) is 39.3 Å². The Hall–Kier alpha value is -0.00623. The van der Waals surface area contributed by atoms with Crippen molar-refractivity contribution >= 4 is 16.6 Å². The molecule has 0 saturated carbocycles. The Bertz CT molecular complexity index is 91.4. The number of hydrogen-bond donors (Lipinski definition) is 0. The predicted molar refractivity (Wildman–Crippen MR) is 54.5 cm³/mol. The van der Waals surface area contributed by atoms with E-state index in [0.717, 1.165) is 0 Å². The summed E-state index contributed by atoms with van der Waals surface area (Å²) in [5.41, 5.74) is 0. The first-order chi connectivity index (χ1) is 4.71. The van der Waals surface area contributed by atoms with Crippen LogP contribution in [0.15, 0.2) is 0 Å². The molecule has 0 aromatic heterocycles. The second-order valence-corrected chi connectivity index (χ2v) is 13.6. The maximum Gasteiger partial charge on any atom is 0.170 e. The molecule has 0 rings (SSSR count). The third kappa shape index (κ3) is 17.8. The fraction of sp³-hybridized carbons (Fsp3) is 1.00. The molecule has 0 aliphatic rings. The summed E-state index contributed by atoms with van der Waals surface area (Å²) in [7, 11) is -2.46. The Morgan fingerprint density at radius 2 is 0.909 bits per heavy atom. The molecule has 0 fully saturated rings. The van der Waals surface area contributed by atoms with Crippen LogP contribution in [-0.2, 0) is 4.12 Å². The second kappa shape index (κ2) is 4.79. The summed E-state index contributed by atoms with van der Waals surface area (Å²) in [4.78, 5) is 14.0. The molecule has 11 heavy (non-hydrogen) atoms. The second-order valence-electron chi connectivity index (χ2n) is 4.33. The Morgan fingerprint density at radius 3 is 0.909 bits per heavy atom. The Kier molecular flexibility index (Phi) is 5.91. The fourth-order valence-corrected chi connectivity index (χ4v) is 8.27. The largest absolute Gasteiger partial charge is 0.456 e. The highest BCUT2D eigenvalue weighted by Gasteiger charge is 2.24. The average molecular weight is 194 g/mol. The molecule has 0 aliphatic heterocycles. The van der Waals surface area contributed by atoms with Crippen molar-refractivity contribution in [3.8, 4) is 0 Å². The minimum Gasteiger partial charge on any atom is -0.456 e. The van der Waals surface area contributed by atoms with Crippen LogP contribution in [0.4, 0.5) is 0 Å². The summed E-state index contributed by atoms with van der Waals surface area (Å²) in [6.07, 6.45) is 0. The Morgan fingerprint density at radius 1 is 0.727 bits per heavy atom. The molecule has 0 unspecified atom stereocenters. The molecule has 5 heteroatoms. The zero-order valence-electron chi connectivity index (χ0n) is 8.22. The lowest BCUT2D eigenvalue weighted by Crippen LogP contribution is -2.39. The van der Waals surface area contributed by atoms with Crippen LogP contribution in [0.3, 0.4) is 0 Å². The maximum atomic E-state index is 7.00. The van der Waals surface area contributed by atoms with Gasteiger partial charge in [-0.3, -0.25) is 0 Å². The molecule has 0 heterocycles. The van der Waals surface area contributed by atoms with Crippen LogP contribution in [0.25, 0.3) is 0 Å². The summed E-state index contributed by atoms with van der Waals surface area (Å²) in [6, 6.07) is 0. The van der Waals surface area contributed by atoms with Gasteiger partial charge in [0.25, 0.3) is 0 Å². The van der Waals surface area contributed by atoms with E-state index in [1.807, 2.05) is 0 Å². The molecule has 0 aromatic carbocycles. The molecule has 0 aromatic rings. The average Bonchev–Trinajstić information content (AvgIpc) is 1.60. The summed E-state index contributed by atoms with van der Waals surface area (Å²) in [5, 5.41) is 0. The molecular weight excluding hydrogens is 176 g/mol. The third-order valence-electron chi connectivity index (χ3n) is 0.612. The maximum absolute atomic E-state index is 7.00. The third-order valence-corrected chi connectivity index (χ3v) is 5.51. The van der Waals surface area contributed by atoms with E-state index in [-0.39, 0.29) is 0 Å². The fourth-order valence-electron chi connectivity index (χ4n) is 0.919. The van der Waals surface area contributed by atoms with Crippen LogP contribution in [0.5, 0.6) is 0 Å². The van der Waals surface area contributed by atoms with Crippen LogP contribution < -0.4 is 0 Å². The molecule has 0 aliphatic carbocycles. The molecule has 0 N–H and O–H groups in total. The molecule has 0 bridgehead atoms. The zero-order valence-corrected chi connectivity index (χ0v) is 10.2. The van der Waals surface area contributed by atoms with Gasteiger partial charge in [0, 0.05) is 9.93 Å². The van der Waals surface area contributed by atoms with Crippen molar-refractivity contribution in [2.75, 3.05) is 0 Å². The predicted octanol–water partition coefficient (Wildman–Crippen LogP) is 2.74. The molecule has 3 nitrogen and oxygen atoms in total. The molecule has 0 spiro atoms. The van der Waals surface area contributed by atoms with Gasteiger partial charge in [0.05, 0.1) is 0 Å². The van der Waals surface area contributed by atoms with E-state index in [2.05, 4.69) is 39.3 Å².